The lowest BCUT2D eigenvalue weighted by atomic mass is 10.2. The number of hydrogen-bond acceptors (Lipinski definition) is 4. The summed E-state index contributed by atoms with van der Waals surface area (Å²) in [7, 11) is 1.69. The van der Waals surface area contributed by atoms with E-state index in [1.807, 2.05) is 24.3 Å². The Morgan fingerprint density at radius 2 is 2.20 bits per heavy atom. The standard InChI is InChI=1S/C15H23N3O2/c1-17-15(19)14-3-2-8-18(14)9-10-20-13-6-4-12(11-16)5-7-13/h4-7,14H,2-3,8-11,16H2,1H3,(H,17,19). The number of amides is 1. The van der Waals surface area contributed by atoms with Crippen LogP contribution in [0.4, 0.5) is 0 Å². The molecule has 1 atom stereocenters. The van der Waals surface area contributed by atoms with Crippen molar-refractivity contribution in [1.29, 1.82) is 0 Å². The van der Waals surface area contributed by atoms with Crippen LogP contribution in [-0.4, -0.2) is 43.6 Å². The van der Waals surface area contributed by atoms with Crippen molar-refractivity contribution in [3.63, 3.8) is 0 Å². The largest absolute Gasteiger partial charge is 0.492 e. The lowest BCUT2D eigenvalue weighted by molar-refractivity contribution is -0.125. The maximum Gasteiger partial charge on any atom is 0.237 e. The first-order chi connectivity index (χ1) is 9.74. The molecule has 0 aromatic heterocycles. The fraction of sp³-hybridized carbons (Fsp3) is 0.533. The summed E-state index contributed by atoms with van der Waals surface area (Å²) in [4.78, 5) is 13.9. The molecule has 2 rings (SSSR count). The Labute approximate surface area is 120 Å². The van der Waals surface area contributed by atoms with E-state index in [1.54, 1.807) is 7.05 Å². The zero-order valence-corrected chi connectivity index (χ0v) is 12.0. The number of nitrogens with zero attached hydrogens (tertiary/aromatic N) is 1. The third-order valence-electron chi connectivity index (χ3n) is 3.72. The van der Waals surface area contributed by atoms with Gasteiger partial charge in [-0.05, 0) is 37.1 Å². The van der Waals surface area contributed by atoms with Gasteiger partial charge < -0.3 is 15.8 Å². The summed E-state index contributed by atoms with van der Waals surface area (Å²) in [6, 6.07) is 7.81. The van der Waals surface area contributed by atoms with E-state index in [0.717, 1.165) is 37.2 Å². The minimum absolute atomic E-state index is 0.00298. The summed E-state index contributed by atoms with van der Waals surface area (Å²) in [5.74, 6) is 0.952. The van der Waals surface area contributed by atoms with Crippen LogP contribution in [-0.2, 0) is 11.3 Å². The first-order valence-electron chi connectivity index (χ1n) is 7.12. The summed E-state index contributed by atoms with van der Waals surface area (Å²) in [6.07, 6.45) is 2.01. The SMILES string of the molecule is CNC(=O)C1CCCN1CCOc1ccc(CN)cc1. The molecule has 0 aliphatic carbocycles. The number of nitrogens with one attached hydrogen (secondary N) is 1. The van der Waals surface area contributed by atoms with Gasteiger partial charge in [-0.1, -0.05) is 12.1 Å². The number of ether oxygens (including phenoxy) is 1. The van der Waals surface area contributed by atoms with Gasteiger partial charge >= 0.3 is 0 Å². The van der Waals surface area contributed by atoms with Gasteiger partial charge in [0.2, 0.25) is 5.91 Å². The number of likely N-dealkylation sites (N-methyl/N-ethyl adjacent to an activating group) is 1. The molecule has 1 fully saturated rings. The molecule has 1 heterocycles. The number of likely N-dealkylation sites (tertiary alicyclic amines) is 1. The molecule has 3 N–H and O–H groups in total. The molecule has 110 valence electrons. The van der Waals surface area contributed by atoms with Crippen molar-refractivity contribution in [3.05, 3.63) is 29.8 Å². The number of nitrogens with two attached hydrogens (primary N) is 1. The zero-order chi connectivity index (χ0) is 14.4. The minimum atomic E-state index is 0.00298. The van der Waals surface area contributed by atoms with Crippen molar-refractivity contribution in [2.45, 2.75) is 25.4 Å². The maximum absolute atomic E-state index is 11.7. The summed E-state index contributed by atoms with van der Waals surface area (Å²) >= 11 is 0. The van der Waals surface area contributed by atoms with Crippen LogP contribution in [0.3, 0.4) is 0 Å². The van der Waals surface area contributed by atoms with Crippen LogP contribution >= 0.6 is 0 Å². The molecule has 1 amide bonds. The van der Waals surface area contributed by atoms with Crippen molar-refractivity contribution in [1.82, 2.24) is 10.2 Å². The van der Waals surface area contributed by atoms with Crippen molar-refractivity contribution in [2.75, 3.05) is 26.7 Å². The van der Waals surface area contributed by atoms with Crippen LogP contribution < -0.4 is 15.8 Å². The Bertz CT molecular complexity index is 433. The first kappa shape index (κ1) is 14.8. The first-order valence-corrected chi connectivity index (χ1v) is 7.12. The molecule has 0 radical (unpaired) electrons. The highest BCUT2D eigenvalue weighted by Crippen LogP contribution is 2.17. The Morgan fingerprint density at radius 3 is 2.85 bits per heavy atom. The second-order valence-electron chi connectivity index (χ2n) is 5.00. The van der Waals surface area contributed by atoms with Gasteiger partial charge in [-0.3, -0.25) is 9.69 Å². The van der Waals surface area contributed by atoms with Crippen LogP contribution in [0, 0.1) is 0 Å². The third kappa shape index (κ3) is 3.71. The number of carbonyl (C=O) groups excluding carboxylic acids is 1. The monoisotopic (exact) mass is 277 g/mol. The number of rotatable bonds is 6. The Hall–Kier alpha value is -1.59. The molecule has 1 unspecified atom stereocenters. The summed E-state index contributed by atoms with van der Waals surface area (Å²) in [6.45, 7) is 2.88. The second-order valence-corrected chi connectivity index (χ2v) is 5.00. The van der Waals surface area contributed by atoms with Gasteiger partial charge in [0, 0.05) is 20.1 Å². The smallest absolute Gasteiger partial charge is 0.237 e. The van der Waals surface area contributed by atoms with Crippen LogP contribution in [0.2, 0.25) is 0 Å². The van der Waals surface area contributed by atoms with E-state index in [-0.39, 0.29) is 11.9 Å². The van der Waals surface area contributed by atoms with E-state index in [0.29, 0.717) is 13.2 Å². The average Bonchev–Trinajstić information content (AvgIpc) is 2.95. The predicted molar refractivity (Wildman–Crippen MR) is 78.5 cm³/mol. The summed E-state index contributed by atoms with van der Waals surface area (Å²) in [5.41, 5.74) is 6.65. The lowest BCUT2D eigenvalue weighted by Gasteiger charge is -2.22. The fourth-order valence-electron chi connectivity index (χ4n) is 2.56. The Kier molecular flexibility index (Phi) is 5.38. The second kappa shape index (κ2) is 7.26. The molecule has 5 nitrogen and oxygen atoms in total. The predicted octanol–water partition coefficient (Wildman–Crippen LogP) is 0.735. The van der Waals surface area contributed by atoms with Crippen LogP contribution in [0.15, 0.2) is 24.3 Å². The van der Waals surface area contributed by atoms with E-state index in [9.17, 15) is 4.79 Å². The van der Waals surface area contributed by atoms with Crippen molar-refractivity contribution in [3.8, 4) is 5.75 Å². The van der Waals surface area contributed by atoms with E-state index >= 15 is 0 Å². The van der Waals surface area contributed by atoms with Crippen LogP contribution in [0.25, 0.3) is 0 Å². The summed E-state index contributed by atoms with van der Waals surface area (Å²) in [5, 5.41) is 2.72. The van der Waals surface area contributed by atoms with Gasteiger partial charge in [0.05, 0.1) is 6.04 Å². The van der Waals surface area contributed by atoms with Crippen LogP contribution in [0.1, 0.15) is 18.4 Å². The van der Waals surface area contributed by atoms with Gasteiger partial charge in [0.25, 0.3) is 0 Å². The molecule has 1 aromatic rings. The van der Waals surface area contributed by atoms with Gasteiger partial charge in [0.1, 0.15) is 12.4 Å². The highest BCUT2D eigenvalue weighted by molar-refractivity contribution is 5.81. The lowest BCUT2D eigenvalue weighted by Crippen LogP contribution is -2.43. The van der Waals surface area contributed by atoms with E-state index < -0.39 is 0 Å². The van der Waals surface area contributed by atoms with E-state index in [1.165, 1.54) is 0 Å². The molecule has 5 heteroatoms. The number of hydrogen-bond donors (Lipinski definition) is 2. The maximum atomic E-state index is 11.7. The molecule has 1 aliphatic rings. The van der Waals surface area contributed by atoms with Gasteiger partial charge in [-0.25, -0.2) is 0 Å². The zero-order valence-electron chi connectivity index (χ0n) is 12.0. The van der Waals surface area contributed by atoms with Crippen molar-refractivity contribution in [2.24, 2.45) is 5.73 Å². The molecule has 0 spiro atoms. The van der Waals surface area contributed by atoms with E-state index in [2.05, 4.69) is 10.2 Å². The number of benzene rings is 1. The number of carbonyl (C=O) groups is 1. The molecular weight excluding hydrogens is 254 g/mol. The average molecular weight is 277 g/mol. The van der Waals surface area contributed by atoms with Crippen molar-refractivity contribution < 1.29 is 9.53 Å². The highest BCUT2D eigenvalue weighted by atomic mass is 16.5. The van der Waals surface area contributed by atoms with Gasteiger partial charge in [0.15, 0.2) is 0 Å². The van der Waals surface area contributed by atoms with E-state index in [4.69, 9.17) is 10.5 Å². The Morgan fingerprint density at radius 1 is 1.45 bits per heavy atom. The Balaban J connectivity index is 1.78. The normalized spacial score (nSPS) is 19.0. The van der Waals surface area contributed by atoms with Crippen molar-refractivity contribution >= 4 is 5.91 Å². The van der Waals surface area contributed by atoms with Gasteiger partial charge in [-0.2, -0.15) is 0 Å². The topological polar surface area (TPSA) is 67.6 Å². The molecular formula is C15H23N3O2. The van der Waals surface area contributed by atoms with Gasteiger partial charge in [-0.15, -0.1) is 0 Å². The molecule has 1 aliphatic heterocycles. The molecule has 1 aromatic carbocycles. The highest BCUT2D eigenvalue weighted by Gasteiger charge is 2.29. The third-order valence-corrected chi connectivity index (χ3v) is 3.72. The quantitative estimate of drug-likeness (QED) is 0.804. The molecule has 0 saturated carbocycles. The minimum Gasteiger partial charge on any atom is -0.492 e. The fourth-order valence-corrected chi connectivity index (χ4v) is 2.56. The van der Waals surface area contributed by atoms with Crippen LogP contribution in [0.5, 0.6) is 5.75 Å². The molecule has 0 bridgehead atoms. The summed E-state index contributed by atoms with van der Waals surface area (Å²) < 4.78 is 5.71. The molecule has 1 saturated heterocycles. The molecule has 20 heavy (non-hydrogen) atoms.